The second-order valence-electron chi connectivity index (χ2n) is 6.49. The van der Waals surface area contributed by atoms with Gasteiger partial charge < -0.3 is 18.8 Å². The van der Waals surface area contributed by atoms with E-state index in [0.717, 1.165) is 4.57 Å². The summed E-state index contributed by atoms with van der Waals surface area (Å²) in [5.74, 6) is 0.942. The summed E-state index contributed by atoms with van der Waals surface area (Å²) in [5.41, 5.74) is 2.24. The zero-order valence-corrected chi connectivity index (χ0v) is 17.7. The zero-order chi connectivity index (χ0) is 22.7. The maximum absolute atomic E-state index is 12.4. The summed E-state index contributed by atoms with van der Waals surface area (Å²) in [6, 6.07) is 3.29. The van der Waals surface area contributed by atoms with E-state index in [1.165, 1.54) is 57.1 Å². The number of hydrogen-bond donors (Lipinski definition) is 1. The standard InChI is InChI=1S/C19H22N6O6/c1-23-17-16(18(27)24(2)19(23)28)25(10-20-17)9-15(26)22-21-8-11-6-13(30-4)14(31-5)7-12(11)29-3/h6-8,10H,9H2,1-5H3,(H,22,26)/b21-8-. The average Bonchev–Trinajstić information content (AvgIpc) is 3.19. The van der Waals surface area contributed by atoms with E-state index < -0.39 is 17.2 Å². The quantitative estimate of drug-likeness (QED) is 0.399. The first-order chi connectivity index (χ1) is 14.8. The van der Waals surface area contributed by atoms with E-state index in [2.05, 4.69) is 15.5 Å². The Morgan fingerprint density at radius 2 is 1.71 bits per heavy atom. The average molecular weight is 430 g/mol. The van der Waals surface area contributed by atoms with Crippen LogP contribution in [0.25, 0.3) is 11.2 Å². The summed E-state index contributed by atoms with van der Waals surface area (Å²) in [5, 5.41) is 3.94. The van der Waals surface area contributed by atoms with Crippen LogP contribution in [-0.4, -0.2) is 52.1 Å². The van der Waals surface area contributed by atoms with Crippen molar-refractivity contribution in [1.82, 2.24) is 24.1 Å². The maximum Gasteiger partial charge on any atom is 0.332 e. The molecule has 0 fully saturated rings. The Labute approximate surface area is 176 Å². The van der Waals surface area contributed by atoms with Crippen LogP contribution < -0.4 is 30.9 Å². The number of carbonyl (C=O) groups excluding carboxylic acids is 1. The molecule has 1 aromatic carbocycles. The summed E-state index contributed by atoms with van der Waals surface area (Å²) in [6.45, 7) is -0.218. The van der Waals surface area contributed by atoms with Crippen molar-refractivity contribution in [1.29, 1.82) is 0 Å². The molecule has 0 radical (unpaired) electrons. The van der Waals surface area contributed by atoms with Crippen LogP contribution in [-0.2, 0) is 25.4 Å². The number of benzene rings is 1. The molecule has 3 aromatic rings. The lowest BCUT2D eigenvalue weighted by Gasteiger charge is -2.11. The Bertz CT molecular complexity index is 1290. The number of aromatic nitrogens is 4. The smallest absolute Gasteiger partial charge is 0.332 e. The molecule has 2 heterocycles. The van der Waals surface area contributed by atoms with Gasteiger partial charge in [-0.3, -0.25) is 18.7 Å². The molecule has 1 N–H and O–H groups in total. The van der Waals surface area contributed by atoms with Gasteiger partial charge in [-0.25, -0.2) is 15.2 Å². The SMILES string of the molecule is COc1cc(OC)c(OC)cc1/C=N\NC(=O)Cn1cnc2c1c(=O)n(C)c(=O)n2C. The molecule has 12 nitrogen and oxygen atoms in total. The molecule has 0 saturated carbocycles. The number of carbonyl (C=O) groups is 1. The van der Waals surface area contributed by atoms with Crippen LogP contribution in [0, 0.1) is 0 Å². The minimum absolute atomic E-state index is 0.144. The van der Waals surface area contributed by atoms with E-state index in [1.54, 1.807) is 12.1 Å². The van der Waals surface area contributed by atoms with Crippen molar-refractivity contribution in [3.05, 3.63) is 44.9 Å². The molecule has 164 valence electrons. The number of rotatable bonds is 7. The molecule has 0 aliphatic heterocycles. The second kappa shape index (κ2) is 8.73. The fourth-order valence-electron chi connectivity index (χ4n) is 3.03. The lowest BCUT2D eigenvalue weighted by molar-refractivity contribution is -0.121. The number of methoxy groups -OCH3 is 3. The topological polar surface area (TPSA) is 131 Å². The third-order valence-electron chi connectivity index (χ3n) is 4.66. The third-order valence-corrected chi connectivity index (χ3v) is 4.66. The highest BCUT2D eigenvalue weighted by Gasteiger charge is 2.16. The zero-order valence-electron chi connectivity index (χ0n) is 17.7. The summed E-state index contributed by atoms with van der Waals surface area (Å²) in [6.07, 6.45) is 2.72. The van der Waals surface area contributed by atoms with Gasteiger partial charge in [0.1, 0.15) is 12.3 Å². The Balaban J connectivity index is 1.81. The van der Waals surface area contributed by atoms with Crippen molar-refractivity contribution < 1.29 is 19.0 Å². The molecular formula is C19H22N6O6. The van der Waals surface area contributed by atoms with E-state index in [4.69, 9.17) is 14.2 Å². The number of nitrogens with zero attached hydrogens (tertiary/aromatic N) is 5. The van der Waals surface area contributed by atoms with E-state index >= 15 is 0 Å². The number of fused-ring (bicyclic) bond motifs is 1. The minimum Gasteiger partial charge on any atom is -0.496 e. The molecular weight excluding hydrogens is 408 g/mol. The Kier molecular flexibility index (Phi) is 6.09. The molecule has 3 rings (SSSR count). The van der Waals surface area contributed by atoms with Gasteiger partial charge in [-0.1, -0.05) is 0 Å². The fourth-order valence-corrected chi connectivity index (χ4v) is 3.03. The number of imidazole rings is 1. The third kappa shape index (κ3) is 3.99. The van der Waals surface area contributed by atoms with Gasteiger partial charge in [-0.05, 0) is 6.07 Å². The molecule has 1 amide bonds. The van der Waals surface area contributed by atoms with E-state index in [-0.39, 0.29) is 17.7 Å². The Morgan fingerprint density at radius 1 is 1.06 bits per heavy atom. The highest BCUT2D eigenvalue weighted by Crippen LogP contribution is 2.33. The number of nitrogens with one attached hydrogen (secondary N) is 1. The lowest BCUT2D eigenvalue weighted by Crippen LogP contribution is -2.38. The van der Waals surface area contributed by atoms with Gasteiger partial charge in [0.25, 0.3) is 11.5 Å². The first-order valence-electron chi connectivity index (χ1n) is 9.05. The number of hydrogen-bond acceptors (Lipinski definition) is 8. The molecule has 2 aromatic heterocycles. The monoisotopic (exact) mass is 430 g/mol. The molecule has 0 aliphatic carbocycles. The van der Waals surface area contributed by atoms with Crippen LogP contribution in [0.3, 0.4) is 0 Å². The molecule has 0 atom stereocenters. The lowest BCUT2D eigenvalue weighted by atomic mass is 10.2. The van der Waals surface area contributed by atoms with Crippen molar-refractivity contribution in [3.8, 4) is 17.2 Å². The summed E-state index contributed by atoms with van der Waals surface area (Å²) in [4.78, 5) is 40.9. The van der Waals surface area contributed by atoms with E-state index in [9.17, 15) is 14.4 Å². The first kappa shape index (κ1) is 21.6. The van der Waals surface area contributed by atoms with Gasteiger partial charge in [0.15, 0.2) is 22.7 Å². The summed E-state index contributed by atoms with van der Waals surface area (Å²) < 4.78 is 19.4. The number of aryl methyl sites for hydroxylation is 1. The number of amides is 1. The van der Waals surface area contributed by atoms with E-state index in [0.29, 0.717) is 22.8 Å². The summed E-state index contributed by atoms with van der Waals surface area (Å²) >= 11 is 0. The van der Waals surface area contributed by atoms with Gasteiger partial charge in [0.05, 0.1) is 33.9 Å². The van der Waals surface area contributed by atoms with Crippen LogP contribution in [0.2, 0.25) is 0 Å². The van der Waals surface area contributed by atoms with Crippen molar-refractivity contribution in [3.63, 3.8) is 0 Å². The van der Waals surface area contributed by atoms with Crippen molar-refractivity contribution in [2.45, 2.75) is 6.54 Å². The number of ether oxygens (including phenoxy) is 3. The predicted molar refractivity (Wildman–Crippen MR) is 112 cm³/mol. The maximum atomic E-state index is 12.4. The highest BCUT2D eigenvalue weighted by atomic mass is 16.5. The van der Waals surface area contributed by atoms with Crippen LogP contribution in [0.15, 0.2) is 33.2 Å². The van der Waals surface area contributed by atoms with Crippen molar-refractivity contribution >= 4 is 23.3 Å². The molecule has 31 heavy (non-hydrogen) atoms. The van der Waals surface area contributed by atoms with Crippen molar-refractivity contribution in [2.24, 2.45) is 19.2 Å². The second-order valence-corrected chi connectivity index (χ2v) is 6.49. The van der Waals surface area contributed by atoms with Crippen LogP contribution >= 0.6 is 0 Å². The van der Waals surface area contributed by atoms with Gasteiger partial charge in [0, 0.05) is 25.7 Å². The molecule has 0 saturated heterocycles. The predicted octanol–water partition coefficient (Wildman–Crippen LogP) is -0.390. The van der Waals surface area contributed by atoms with Crippen LogP contribution in [0.4, 0.5) is 0 Å². The molecule has 12 heteroatoms. The van der Waals surface area contributed by atoms with Crippen LogP contribution in [0.1, 0.15) is 5.56 Å². The highest BCUT2D eigenvalue weighted by molar-refractivity contribution is 5.86. The molecule has 0 spiro atoms. The Hall–Kier alpha value is -4.09. The van der Waals surface area contributed by atoms with Gasteiger partial charge in [-0.2, -0.15) is 5.10 Å². The number of hydrazone groups is 1. The molecule has 0 bridgehead atoms. The van der Waals surface area contributed by atoms with Crippen molar-refractivity contribution in [2.75, 3.05) is 21.3 Å². The largest absolute Gasteiger partial charge is 0.496 e. The summed E-state index contributed by atoms with van der Waals surface area (Å²) in [7, 11) is 7.37. The first-order valence-corrected chi connectivity index (χ1v) is 9.05. The van der Waals surface area contributed by atoms with Gasteiger partial charge >= 0.3 is 5.69 Å². The van der Waals surface area contributed by atoms with Gasteiger partial charge in [0.2, 0.25) is 0 Å². The Morgan fingerprint density at radius 3 is 2.35 bits per heavy atom. The minimum atomic E-state index is -0.540. The normalized spacial score (nSPS) is 11.1. The van der Waals surface area contributed by atoms with Gasteiger partial charge in [-0.15, -0.1) is 0 Å². The molecule has 0 aliphatic rings. The van der Waals surface area contributed by atoms with Crippen LogP contribution in [0.5, 0.6) is 17.2 Å². The molecule has 0 unspecified atom stereocenters. The van der Waals surface area contributed by atoms with E-state index in [1.807, 2.05) is 0 Å². The fraction of sp³-hybridized carbons (Fsp3) is 0.316.